The molecule has 0 aliphatic heterocycles. The fourth-order valence-electron chi connectivity index (χ4n) is 1.51. The first-order valence-electron chi connectivity index (χ1n) is 5.49. The van der Waals surface area contributed by atoms with E-state index in [4.69, 9.17) is 9.15 Å². The van der Waals surface area contributed by atoms with Crippen LogP contribution in [0, 0.1) is 5.82 Å². The summed E-state index contributed by atoms with van der Waals surface area (Å²) in [6, 6.07) is 8.26. The van der Waals surface area contributed by atoms with Crippen molar-refractivity contribution in [2.45, 2.75) is 13.2 Å². The van der Waals surface area contributed by atoms with Crippen molar-refractivity contribution in [1.82, 2.24) is 5.32 Å². The molecular formula is C13H13BrFNO2. The van der Waals surface area contributed by atoms with Crippen LogP contribution in [0.15, 0.2) is 39.2 Å². The quantitative estimate of drug-likeness (QED) is 0.917. The number of halogens is 2. The van der Waals surface area contributed by atoms with Crippen LogP contribution < -0.4 is 10.1 Å². The van der Waals surface area contributed by atoms with E-state index in [1.807, 2.05) is 19.2 Å². The molecule has 1 aromatic carbocycles. The van der Waals surface area contributed by atoms with E-state index in [1.54, 1.807) is 12.1 Å². The zero-order valence-corrected chi connectivity index (χ0v) is 11.5. The SMILES string of the molecule is CNCc1ccc(COc2cc(Br)ccc2F)o1. The Bertz CT molecular complexity index is 527. The van der Waals surface area contributed by atoms with Gasteiger partial charge in [-0.1, -0.05) is 15.9 Å². The Kier molecular flexibility index (Phi) is 4.38. The first-order chi connectivity index (χ1) is 8.69. The summed E-state index contributed by atoms with van der Waals surface area (Å²) in [5.41, 5.74) is 0. The van der Waals surface area contributed by atoms with Crippen LogP contribution in [-0.2, 0) is 13.2 Å². The van der Waals surface area contributed by atoms with Crippen LogP contribution in [0.5, 0.6) is 5.75 Å². The minimum atomic E-state index is -0.389. The smallest absolute Gasteiger partial charge is 0.165 e. The number of ether oxygens (including phenoxy) is 1. The molecule has 2 aromatic rings. The fraction of sp³-hybridized carbons (Fsp3) is 0.231. The molecule has 0 spiro atoms. The van der Waals surface area contributed by atoms with Gasteiger partial charge in [0.25, 0.3) is 0 Å². The highest BCUT2D eigenvalue weighted by atomic mass is 79.9. The minimum absolute atomic E-state index is 0.205. The number of nitrogens with one attached hydrogen (secondary N) is 1. The molecule has 1 N–H and O–H groups in total. The molecule has 1 aromatic heterocycles. The highest BCUT2D eigenvalue weighted by Gasteiger charge is 2.06. The van der Waals surface area contributed by atoms with Crippen LogP contribution in [0.25, 0.3) is 0 Å². The van der Waals surface area contributed by atoms with Crippen molar-refractivity contribution in [2.75, 3.05) is 7.05 Å². The van der Waals surface area contributed by atoms with Gasteiger partial charge >= 0.3 is 0 Å². The second kappa shape index (κ2) is 6.02. The number of hydrogen-bond donors (Lipinski definition) is 1. The van der Waals surface area contributed by atoms with Gasteiger partial charge in [-0.3, -0.25) is 0 Å². The largest absolute Gasteiger partial charge is 0.483 e. The summed E-state index contributed by atoms with van der Waals surface area (Å²) in [7, 11) is 1.84. The van der Waals surface area contributed by atoms with Gasteiger partial charge in [0, 0.05) is 4.47 Å². The van der Waals surface area contributed by atoms with E-state index in [1.165, 1.54) is 6.07 Å². The highest BCUT2D eigenvalue weighted by molar-refractivity contribution is 9.10. The molecule has 0 unspecified atom stereocenters. The molecule has 1 heterocycles. The molecule has 2 rings (SSSR count). The average molecular weight is 314 g/mol. The fourth-order valence-corrected chi connectivity index (χ4v) is 1.85. The maximum atomic E-state index is 13.4. The van der Waals surface area contributed by atoms with E-state index < -0.39 is 0 Å². The predicted molar refractivity (Wildman–Crippen MR) is 69.9 cm³/mol. The lowest BCUT2D eigenvalue weighted by Crippen LogP contribution is -2.03. The topological polar surface area (TPSA) is 34.4 Å². The Balaban J connectivity index is 1.99. The molecule has 0 bridgehead atoms. The third kappa shape index (κ3) is 3.34. The lowest BCUT2D eigenvalue weighted by molar-refractivity contribution is 0.254. The molecule has 18 heavy (non-hydrogen) atoms. The molecule has 0 saturated carbocycles. The second-order valence-electron chi connectivity index (χ2n) is 3.76. The Morgan fingerprint density at radius 3 is 2.83 bits per heavy atom. The van der Waals surface area contributed by atoms with E-state index in [-0.39, 0.29) is 18.2 Å². The van der Waals surface area contributed by atoms with Gasteiger partial charge < -0.3 is 14.5 Å². The van der Waals surface area contributed by atoms with Gasteiger partial charge in [0.15, 0.2) is 11.6 Å². The molecule has 0 atom stereocenters. The Morgan fingerprint density at radius 2 is 2.06 bits per heavy atom. The van der Waals surface area contributed by atoms with Gasteiger partial charge in [0.05, 0.1) is 6.54 Å². The van der Waals surface area contributed by atoms with Crippen molar-refractivity contribution in [1.29, 1.82) is 0 Å². The summed E-state index contributed by atoms with van der Waals surface area (Å²) in [6.45, 7) is 0.863. The third-order valence-electron chi connectivity index (χ3n) is 2.33. The van der Waals surface area contributed by atoms with Crippen LogP contribution in [0.2, 0.25) is 0 Å². The van der Waals surface area contributed by atoms with Gasteiger partial charge in [0.2, 0.25) is 0 Å². The molecule has 3 nitrogen and oxygen atoms in total. The maximum Gasteiger partial charge on any atom is 0.165 e. The molecule has 0 fully saturated rings. The standard InChI is InChI=1S/C13H13BrFNO2/c1-16-7-10-3-4-11(18-10)8-17-13-6-9(14)2-5-12(13)15/h2-6,16H,7-8H2,1H3. The van der Waals surface area contributed by atoms with Gasteiger partial charge in [-0.15, -0.1) is 0 Å². The van der Waals surface area contributed by atoms with E-state index >= 15 is 0 Å². The van der Waals surface area contributed by atoms with Gasteiger partial charge in [-0.2, -0.15) is 0 Å². The lowest BCUT2D eigenvalue weighted by atomic mass is 10.3. The van der Waals surface area contributed by atoms with Crippen molar-refractivity contribution in [3.63, 3.8) is 0 Å². The summed E-state index contributed by atoms with van der Waals surface area (Å²) in [5.74, 6) is 1.31. The first-order valence-corrected chi connectivity index (χ1v) is 6.28. The van der Waals surface area contributed by atoms with Crippen LogP contribution in [0.3, 0.4) is 0 Å². The van der Waals surface area contributed by atoms with Crippen LogP contribution in [0.1, 0.15) is 11.5 Å². The molecule has 0 radical (unpaired) electrons. The van der Waals surface area contributed by atoms with Crippen LogP contribution in [-0.4, -0.2) is 7.05 Å². The van der Waals surface area contributed by atoms with Crippen molar-refractivity contribution in [3.8, 4) is 5.75 Å². The van der Waals surface area contributed by atoms with Crippen molar-refractivity contribution < 1.29 is 13.5 Å². The lowest BCUT2D eigenvalue weighted by Gasteiger charge is -2.05. The second-order valence-corrected chi connectivity index (χ2v) is 4.68. The summed E-state index contributed by atoms with van der Waals surface area (Å²) < 4.78 is 25.1. The van der Waals surface area contributed by atoms with Gasteiger partial charge in [-0.05, 0) is 37.4 Å². The van der Waals surface area contributed by atoms with E-state index in [9.17, 15) is 4.39 Å². The molecule has 5 heteroatoms. The monoisotopic (exact) mass is 313 g/mol. The number of furan rings is 1. The van der Waals surface area contributed by atoms with E-state index in [0.717, 1.165) is 10.2 Å². The zero-order chi connectivity index (χ0) is 13.0. The van der Waals surface area contributed by atoms with E-state index in [2.05, 4.69) is 21.2 Å². The Labute approximate surface area is 113 Å². The van der Waals surface area contributed by atoms with E-state index in [0.29, 0.717) is 12.3 Å². The molecule has 0 amide bonds. The van der Waals surface area contributed by atoms with Crippen molar-refractivity contribution >= 4 is 15.9 Å². The predicted octanol–water partition coefficient (Wildman–Crippen LogP) is 3.48. The molecule has 0 aliphatic rings. The summed E-state index contributed by atoms with van der Waals surface area (Å²) >= 11 is 3.27. The Morgan fingerprint density at radius 1 is 1.28 bits per heavy atom. The van der Waals surface area contributed by atoms with Crippen molar-refractivity contribution in [3.05, 3.63) is 52.1 Å². The summed E-state index contributed by atoms with van der Waals surface area (Å²) in [6.07, 6.45) is 0. The van der Waals surface area contributed by atoms with Gasteiger partial charge in [-0.25, -0.2) is 4.39 Å². The Hall–Kier alpha value is -1.33. The maximum absolute atomic E-state index is 13.4. The molecule has 96 valence electrons. The summed E-state index contributed by atoms with van der Waals surface area (Å²) in [5, 5.41) is 2.99. The van der Waals surface area contributed by atoms with Crippen LogP contribution >= 0.6 is 15.9 Å². The summed E-state index contributed by atoms with van der Waals surface area (Å²) in [4.78, 5) is 0. The van der Waals surface area contributed by atoms with Gasteiger partial charge in [0.1, 0.15) is 18.1 Å². The van der Waals surface area contributed by atoms with Crippen LogP contribution in [0.4, 0.5) is 4.39 Å². The molecular weight excluding hydrogens is 301 g/mol. The zero-order valence-electron chi connectivity index (χ0n) is 9.87. The third-order valence-corrected chi connectivity index (χ3v) is 2.82. The average Bonchev–Trinajstić information content (AvgIpc) is 2.79. The number of rotatable bonds is 5. The first kappa shape index (κ1) is 13.1. The highest BCUT2D eigenvalue weighted by Crippen LogP contribution is 2.23. The normalized spacial score (nSPS) is 10.6. The number of hydrogen-bond acceptors (Lipinski definition) is 3. The molecule has 0 saturated heterocycles. The molecule has 0 aliphatic carbocycles. The number of benzene rings is 1. The minimum Gasteiger partial charge on any atom is -0.483 e. The van der Waals surface area contributed by atoms with Crippen molar-refractivity contribution in [2.24, 2.45) is 0 Å².